The molecule has 1 aromatic carbocycles. The molecule has 1 N–H and O–H groups in total. The van der Waals surface area contributed by atoms with E-state index in [1.54, 1.807) is 20.8 Å². The van der Waals surface area contributed by atoms with Gasteiger partial charge in [0.05, 0.1) is 12.5 Å². The van der Waals surface area contributed by atoms with Crippen LogP contribution in [0.15, 0.2) is 23.1 Å². The Morgan fingerprint density at radius 1 is 1.36 bits per heavy atom. The summed E-state index contributed by atoms with van der Waals surface area (Å²) in [5, 5.41) is 11.6. The van der Waals surface area contributed by atoms with Gasteiger partial charge in [0.25, 0.3) is 5.91 Å². The van der Waals surface area contributed by atoms with Crippen molar-refractivity contribution in [2.24, 2.45) is 5.92 Å². The van der Waals surface area contributed by atoms with E-state index in [0.717, 1.165) is 12.1 Å². The second-order valence-electron chi connectivity index (χ2n) is 5.85. The van der Waals surface area contributed by atoms with E-state index in [0.29, 0.717) is 10.6 Å². The smallest absolute Gasteiger partial charge is 0.307 e. The number of hydrogen-bond donors (Lipinski definition) is 1. The van der Waals surface area contributed by atoms with Crippen LogP contribution in [0.3, 0.4) is 0 Å². The van der Waals surface area contributed by atoms with Crippen LogP contribution in [0, 0.1) is 28.9 Å². The fourth-order valence-electron chi connectivity index (χ4n) is 1.66. The van der Waals surface area contributed by atoms with E-state index in [-0.39, 0.29) is 12.3 Å². The van der Waals surface area contributed by atoms with Crippen molar-refractivity contribution in [3.8, 4) is 6.07 Å². The van der Waals surface area contributed by atoms with Crippen molar-refractivity contribution >= 4 is 23.6 Å². The van der Waals surface area contributed by atoms with Gasteiger partial charge in [-0.25, -0.2) is 8.78 Å². The Balaban J connectivity index is 2.34. The molecule has 1 aromatic rings. The number of amides is 1. The Hall–Kier alpha value is -2.14. The number of benzene rings is 1. The third-order valence-electron chi connectivity index (χ3n) is 3.62. The first kappa shape index (κ1) is 20.9. The minimum atomic E-state index is -1.04. The van der Waals surface area contributed by atoms with Crippen molar-refractivity contribution in [1.29, 1.82) is 5.26 Å². The Morgan fingerprint density at radius 3 is 2.60 bits per heavy atom. The number of nitrogens with zero attached hydrogens (tertiary/aromatic N) is 1. The number of halogens is 2. The van der Waals surface area contributed by atoms with Gasteiger partial charge in [0.15, 0.2) is 18.2 Å². The van der Waals surface area contributed by atoms with Gasteiger partial charge < -0.3 is 10.1 Å². The molecule has 0 unspecified atom stereocenters. The molecular weight excluding hydrogens is 350 g/mol. The summed E-state index contributed by atoms with van der Waals surface area (Å²) in [5.41, 5.74) is -1.04. The van der Waals surface area contributed by atoms with Crippen LogP contribution in [-0.4, -0.2) is 29.8 Å². The van der Waals surface area contributed by atoms with Crippen molar-refractivity contribution in [2.75, 3.05) is 12.4 Å². The molecule has 0 aromatic heterocycles. The summed E-state index contributed by atoms with van der Waals surface area (Å²) < 4.78 is 30.7. The molecule has 0 aliphatic rings. The minimum Gasteiger partial charge on any atom is -0.456 e. The first-order valence-corrected chi connectivity index (χ1v) is 8.62. The SMILES string of the molecule is CC(C)[C@](C)(C#N)NC(=O)COC(=O)CCSc1ccc(F)c(F)c1. The summed E-state index contributed by atoms with van der Waals surface area (Å²) >= 11 is 1.17. The zero-order chi connectivity index (χ0) is 19.0. The van der Waals surface area contributed by atoms with E-state index in [4.69, 9.17) is 10.00 Å². The standard InChI is InChI=1S/C17H20F2N2O3S/c1-11(2)17(3,10-20)21-15(22)9-24-16(23)6-7-25-12-4-5-13(18)14(19)8-12/h4-5,8,11H,6-7,9H2,1-3H3,(H,21,22)/t17-/m0/s1. The highest BCUT2D eigenvalue weighted by Gasteiger charge is 2.30. The zero-order valence-electron chi connectivity index (χ0n) is 14.3. The lowest BCUT2D eigenvalue weighted by Crippen LogP contribution is -2.50. The molecule has 0 saturated carbocycles. The van der Waals surface area contributed by atoms with Crippen LogP contribution < -0.4 is 5.32 Å². The Kier molecular flexibility index (Phi) is 7.84. The van der Waals surface area contributed by atoms with Crippen molar-refractivity contribution < 1.29 is 23.1 Å². The molecule has 8 heteroatoms. The molecule has 1 atom stereocenters. The van der Waals surface area contributed by atoms with E-state index in [2.05, 4.69) is 5.32 Å². The van der Waals surface area contributed by atoms with Crippen LogP contribution in [0.4, 0.5) is 8.78 Å². The lowest BCUT2D eigenvalue weighted by atomic mass is 9.90. The maximum atomic E-state index is 13.0. The number of ether oxygens (including phenoxy) is 1. The van der Waals surface area contributed by atoms with Crippen molar-refractivity contribution in [3.05, 3.63) is 29.8 Å². The zero-order valence-corrected chi connectivity index (χ0v) is 15.1. The molecule has 0 heterocycles. The fourth-order valence-corrected chi connectivity index (χ4v) is 2.52. The Labute approximate surface area is 149 Å². The number of hydrogen-bond acceptors (Lipinski definition) is 5. The molecule has 25 heavy (non-hydrogen) atoms. The fraction of sp³-hybridized carbons (Fsp3) is 0.471. The van der Waals surface area contributed by atoms with Gasteiger partial charge in [-0.1, -0.05) is 13.8 Å². The van der Waals surface area contributed by atoms with Gasteiger partial charge in [-0.2, -0.15) is 5.26 Å². The lowest BCUT2D eigenvalue weighted by molar-refractivity contribution is -0.148. The van der Waals surface area contributed by atoms with Gasteiger partial charge in [-0.3, -0.25) is 9.59 Å². The summed E-state index contributed by atoms with van der Waals surface area (Å²) in [6.07, 6.45) is 0.0106. The predicted octanol–water partition coefficient (Wildman–Crippen LogP) is 3.04. The van der Waals surface area contributed by atoms with Crippen LogP contribution in [0.1, 0.15) is 27.2 Å². The summed E-state index contributed by atoms with van der Waals surface area (Å²) in [6, 6.07) is 5.50. The largest absolute Gasteiger partial charge is 0.456 e. The summed E-state index contributed by atoms with van der Waals surface area (Å²) in [6.45, 7) is 4.71. The molecule has 5 nitrogen and oxygen atoms in total. The van der Waals surface area contributed by atoms with Gasteiger partial charge in [-0.05, 0) is 31.0 Å². The molecule has 0 spiro atoms. The average molecular weight is 370 g/mol. The number of nitrogens with one attached hydrogen (secondary N) is 1. The second-order valence-corrected chi connectivity index (χ2v) is 7.02. The third kappa shape index (κ3) is 6.70. The normalized spacial score (nSPS) is 13.0. The van der Waals surface area contributed by atoms with E-state index in [1.807, 2.05) is 6.07 Å². The first-order valence-electron chi connectivity index (χ1n) is 7.63. The molecule has 136 valence electrons. The van der Waals surface area contributed by atoms with E-state index >= 15 is 0 Å². The number of carbonyl (C=O) groups excluding carboxylic acids is 2. The predicted molar refractivity (Wildman–Crippen MR) is 89.7 cm³/mol. The van der Waals surface area contributed by atoms with Crippen LogP contribution >= 0.6 is 11.8 Å². The number of thioether (sulfide) groups is 1. The molecular formula is C17H20F2N2O3S. The molecule has 1 rings (SSSR count). The number of rotatable bonds is 8. The van der Waals surface area contributed by atoms with Crippen LogP contribution in [-0.2, 0) is 14.3 Å². The maximum absolute atomic E-state index is 13.0. The molecule has 0 aliphatic carbocycles. The highest BCUT2D eigenvalue weighted by Crippen LogP contribution is 2.21. The van der Waals surface area contributed by atoms with E-state index in [1.165, 1.54) is 17.8 Å². The average Bonchev–Trinajstić information content (AvgIpc) is 2.56. The van der Waals surface area contributed by atoms with E-state index in [9.17, 15) is 18.4 Å². The summed E-state index contributed by atoms with van der Waals surface area (Å²) in [5.74, 6) is -2.83. The topological polar surface area (TPSA) is 79.2 Å². The molecule has 0 radical (unpaired) electrons. The monoisotopic (exact) mass is 370 g/mol. The molecule has 0 fully saturated rings. The Bertz CT molecular complexity index is 676. The van der Waals surface area contributed by atoms with Crippen LogP contribution in [0.2, 0.25) is 0 Å². The van der Waals surface area contributed by atoms with Gasteiger partial charge in [0.2, 0.25) is 0 Å². The number of nitriles is 1. The Morgan fingerprint density at radius 2 is 2.04 bits per heavy atom. The second kappa shape index (κ2) is 9.37. The van der Waals surface area contributed by atoms with Crippen LogP contribution in [0.5, 0.6) is 0 Å². The van der Waals surface area contributed by atoms with Crippen molar-refractivity contribution in [2.45, 2.75) is 37.6 Å². The third-order valence-corrected chi connectivity index (χ3v) is 4.61. The molecule has 0 saturated heterocycles. The molecule has 1 amide bonds. The number of carbonyl (C=O) groups is 2. The summed E-state index contributed by atoms with van der Waals surface area (Å²) in [7, 11) is 0. The summed E-state index contributed by atoms with van der Waals surface area (Å²) in [4.78, 5) is 23.9. The first-order chi connectivity index (χ1) is 11.7. The minimum absolute atomic E-state index is 0.0106. The maximum Gasteiger partial charge on any atom is 0.307 e. The highest BCUT2D eigenvalue weighted by atomic mass is 32.2. The van der Waals surface area contributed by atoms with Gasteiger partial charge in [0.1, 0.15) is 5.54 Å². The van der Waals surface area contributed by atoms with Gasteiger partial charge in [0, 0.05) is 10.6 Å². The molecule has 0 aliphatic heterocycles. The van der Waals surface area contributed by atoms with Crippen molar-refractivity contribution in [3.63, 3.8) is 0 Å². The van der Waals surface area contributed by atoms with E-state index < -0.39 is 35.7 Å². The van der Waals surface area contributed by atoms with Crippen LogP contribution in [0.25, 0.3) is 0 Å². The number of esters is 1. The van der Waals surface area contributed by atoms with Crippen molar-refractivity contribution in [1.82, 2.24) is 5.32 Å². The quantitative estimate of drug-likeness (QED) is 0.562. The lowest BCUT2D eigenvalue weighted by Gasteiger charge is -2.27. The highest BCUT2D eigenvalue weighted by molar-refractivity contribution is 7.99. The van der Waals surface area contributed by atoms with Gasteiger partial charge in [-0.15, -0.1) is 11.8 Å². The molecule has 0 bridgehead atoms. The van der Waals surface area contributed by atoms with Gasteiger partial charge >= 0.3 is 5.97 Å².